The molecule has 0 radical (unpaired) electrons. The standard InChI is InChI=1S/C16H16N4O2/c1-17-15-5-4-10(8-18-15)16-11-6-13(21-2)14(22-3)7-12(11)19-9-20-16/h4-9H,1-3H3,(H,17,18). The zero-order valence-electron chi connectivity index (χ0n) is 12.6. The number of hydrogen-bond acceptors (Lipinski definition) is 6. The Hall–Kier alpha value is -2.89. The third-order valence-corrected chi connectivity index (χ3v) is 3.43. The summed E-state index contributed by atoms with van der Waals surface area (Å²) in [6.07, 6.45) is 3.32. The molecule has 0 aliphatic rings. The number of fused-ring (bicyclic) bond motifs is 1. The molecule has 0 bridgehead atoms. The SMILES string of the molecule is CNc1ccc(-c2ncnc3cc(OC)c(OC)cc23)cn1. The van der Waals surface area contributed by atoms with E-state index < -0.39 is 0 Å². The molecule has 0 fully saturated rings. The van der Waals surface area contributed by atoms with Gasteiger partial charge in [0.05, 0.1) is 25.4 Å². The summed E-state index contributed by atoms with van der Waals surface area (Å²) >= 11 is 0. The summed E-state index contributed by atoms with van der Waals surface area (Å²) in [4.78, 5) is 13.0. The van der Waals surface area contributed by atoms with E-state index in [1.807, 2.05) is 31.3 Å². The van der Waals surface area contributed by atoms with Gasteiger partial charge in [0, 0.05) is 30.3 Å². The van der Waals surface area contributed by atoms with Crippen LogP contribution in [0.5, 0.6) is 11.5 Å². The topological polar surface area (TPSA) is 69.2 Å². The second-order valence-corrected chi connectivity index (χ2v) is 4.63. The maximum absolute atomic E-state index is 5.37. The molecule has 1 aromatic carbocycles. The monoisotopic (exact) mass is 296 g/mol. The number of nitrogens with one attached hydrogen (secondary N) is 1. The van der Waals surface area contributed by atoms with Crippen LogP contribution in [0, 0.1) is 0 Å². The van der Waals surface area contributed by atoms with Gasteiger partial charge in [-0.2, -0.15) is 0 Å². The van der Waals surface area contributed by atoms with Crippen LogP contribution >= 0.6 is 0 Å². The van der Waals surface area contributed by atoms with Crippen LogP contribution in [-0.2, 0) is 0 Å². The molecule has 0 saturated heterocycles. The summed E-state index contributed by atoms with van der Waals surface area (Å²) in [7, 11) is 5.04. The van der Waals surface area contributed by atoms with Gasteiger partial charge in [-0.15, -0.1) is 0 Å². The van der Waals surface area contributed by atoms with Crippen LogP contribution in [-0.4, -0.2) is 36.2 Å². The number of pyridine rings is 1. The molecule has 0 unspecified atom stereocenters. The van der Waals surface area contributed by atoms with E-state index in [-0.39, 0.29) is 0 Å². The van der Waals surface area contributed by atoms with Crippen molar-refractivity contribution in [3.63, 3.8) is 0 Å². The first-order valence-corrected chi connectivity index (χ1v) is 6.77. The quantitative estimate of drug-likeness (QED) is 0.798. The average molecular weight is 296 g/mol. The van der Waals surface area contributed by atoms with Gasteiger partial charge < -0.3 is 14.8 Å². The van der Waals surface area contributed by atoms with Gasteiger partial charge in [0.15, 0.2) is 11.5 Å². The van der Waals surface area contributed by atoms with Crippen LogP contribution in [0.3, 0.4) is 0 Å². The van der Waals surface area contributed by atoms with Gasteiger partial charge in [-0.1, -0.05) is 0 Å². The fraction of sp³-hybridized carbons (Fsp3) is 0.188. The van der Waals surface area contributed by atoms with Gasteiger partial charge in [-0.3, -0.25) is 0 Å². The first-order valence-electron chi connectivity index (χ1n) is 6.77. The van der Waals surface area contributed by atoms with E-state index in [4.69, 9.17) is 9.47 Å². The van der Waals surface area contributed by atoms with E-state index >= 15 is 0 Å². The molecule has 2 heterocycles. The molecule has 0 aliphatic heterocycles. The number of ether oxygens (including phenoxy) is 2. The van der Waals surface area contributed by atoms with E-state index in [1.54, 1.807) is 20.4 Å². The normalized spacial score (nSPS) is 10.5. The molecule has 0 saturated carbocycles. The van der Waals surface area contributed by atoms with Crippen molar-refractivity contribution < 1.29 is 9.47 Å². The van der Waals surface area contributed by atoms with Crippen molar-refractivity contribution in [2.24, 2.45) is 0 Å². The number of anilines is 1. The maximum atomic E-state index is 5.37. The van der Waals surface area contributed by atoms with Gasteiger partial charge in [0.2, 0.25) is 0 Å². The predicted molar refractivity (Wildman–Crippen MR) is 85.4 cm³/mol. The molecule has 6 nitrogen and oxygen atoms in total. The van der Waals surface area contributed by atoms with E-state index in [9.17, 15) is 0 Å². The summed E-state index contributed by atoms with van der Waals surface area (Å²) in [5.74, 6) is 2.09. The van der Waals surface area contributed by atoms with Gasteiger partial charge in [0.25, 0.3) is 0 Å². The molecule has 112 valence electrons. The van der Waals surface area contributed by atoms with Crippen molar-refractivity contribution in [1.82, 2.24) is 15.0 Å². The molecule has 6 heteroatoms. The van der Waals surface area contributed by atoms with E-state index in [0.717, 1.165) is 28.0 Å². The first kappa shape index (κ1) is 14.1. The second kappa shape index (κ2) is 5.85. The zero-order chi connectivity index (χ0) is 15.5. The van der Waals surface area contributed by atoms with E-state index in [0.29, 0.717) is 11.5 Å². The Kier molecular flexibility index (Phi) is 3.74. The van der Waals surface area contributed by atoms with Gasteiger partial charge in [0.1, 0.15) is 12.1 Å². The lowest BCUT2D eigenvalue weighted by molar-refractivity contribution is 0.356. The fourth-order valence-corrected chi connectivity index (χ4v) is 2.29. The summed E-state index contributed by atoms with van der Waals surface area (Å²) in [5, 5.41) is 3.88. The van der Waals surface area contributed by atoms with Crippen molar-refractivity contribution >= 4 is 16.7 Å². The van der Waals surface area contributed by atoms with Gasteiger partial charge in [-0.25, -0.2) is 15.0 Å². The number of rotatable bonds is 4. The summed E-state index contributed by atoms with van der Waals surface area (Å²) in [6, 6.07) is 7.60. The Morgan fingerprint density at radius 1 is 0.955 bits per heavy atom. The average Bonchev–Trinajstić information content (AvgIpc) is 2.60. The minimum Gasteiger partial charge on any atom is -0.493 e. The molecule has 2 aromatic heterocycles. The highest BCUT2D eigenvalue weighted by molar-refractivity contribution is 5.94. The molecular formula is C16H16N4O2. The van der Waals surface area contributed by atoms with Crippen molar-refractivity contribution in [3.8, 4) is 22.8 Å². The van der Waals surface area contributed by atoms with Crippen molar-refractivity contribution in [1.29, 1.82) is 0 Å². The van der Waals surface area contributed by atoms with E-state index in [1.165, 1.54) is 6.33 Å². The zero-order valence-corrected chi connectivity index (χ0v) is 12.6. The molecule has 22 heavy (non-hydrogen) atoms. The lowest BCUT2D eigenvalue weighted by Gasteiger charge is -2.11. The Morgan fingerprint density at radius 3 is 2.36 bits per heavy atom. The summed E-state index contributed by atoms with van der Waals surface area (Å²) < 4.78 is 10.7. The number of hydrogen-bond donors (Lipinski definition) is 1. The number of methoxy groups -OCH3 is 2. The highest BCUT2D eigenvalue weighted by Crippen LogP contribution is 2.34. The van der Waals surface area contributed by atoms with Crippen LogP contribution in [0.1, 0.15) is 0 Å². The molecular weight excluding hydrogens is 280 g/mol. The number of benzene rings is 1. The number of aromatic nitrogens is 3. The lowest BCUT2D eigenvalue weighted by Crippen LogP contribution is -1.95. The maximum Gasteiger partial charge on any atom is 0.162 e. The van der Waals surface area contributed by atoms with Crippen molar-refractivity contribution in [3.05, 3.63) is 36.8 Å². The first-order chi connectivity index (χ1) is 10.8. The van der Waals surface area contributed by atoms with Crippen LogP contribution in [0.2, 0.25) is 0 Å². The van der Waals surface area contributed by atoms with Crippen LogP contribution in [0.25, 0.3) is 22.2 Å². The molecule has 0 atom stereocenters. The highest BCUT2D eigenvalue weighted by Gasteiger charge is 2.12. The van der Waals surface area contributed by atoms with Crippen LogP contribution < -0.4 is 14.8 Å². The molecule has 0 aliphatic carbocycles. The smallest absolute Gasteiger partial charge is 0.162 e. The molecule has 0 spiro atoms. The summed E-state index contributed by atoms with van der Waals surface area (Å²) in [6.45, 7) is 0. The Labute approximate surface area is 128 Å². The summed E-state index contributed by atoms with van der Waals surface area (Å²) in [5.41, 5.74) is 2.51. The number of nitrogens with zero attached hydrogens (tertiary/aromatic N) is 3. The van der Waals surface area contributed by atoms with Gasteiger partial charge in [-0.05, 0) is 18.2 Å². The second-order valence-electron chi connectivity index (χ2n) is 4.63. The third-order valence-electron chi connectivity index (χ3n) is 3.43. The highest BCUT2D eigenvalue weighted by atomic mass is 16.5. The fourth-order valence-electron chi connectivity index (χ4n) is 2.29. The van der Waals surface area contributed by atoms with Crippen LogP contribution in [0.4, 0.5) is 5.82 Å². The molecule has 3 rings (SSSR count). The molecule has 1 N–H and O–H groups in total. The molecule has 0 amide bonds. The Bertz CT molecular complexity index is 803. The van der Waals surface area contributed by atoms with Crippen molar-refractivity contribution in [2.45, 2.75) is 0 Å². The Morgan fingerprint density at radius 2 is 1.73 bits per heavy atom. The van der Waals surface area contributed by atoms with Crippen molar-refractivity contribution in [2.75, 3.05) is 26.6 Å². The minimum atomic E-state index is 0.642. The lowest BCUT2D eigenvalue weighted by atomic mass is 10.1. The van der Waals surface area contributed by atoms with Gasteiger partial charge >= 0.3 is 0 Å². The predicted octanol–water partition coefficient (Wildman–Crippen LogP) is 2.75. The Balaban J connectivity index is 2.20. The molecule has 3 aromatic rings. The van der Waals surface area contributed by atoms with Crippen LogP contribution in [0.15, 0.2) is 36.8 Å². The minimum absolute atomic E-state index is 0.642. The van der Waals surface area contributed by atoms with E-state index in [2.05, 4.69) is 20.3 Å². The largest absolute Gasteiger partial charge is 0.493 e. The third kappa shape index (κ3) is 2.39.